The summed E-state index contributed by atoms with van der Waals surface area (Å²) in [7, 11) is -3.70. The number of amides is 1. The molecule has 7 heteroatoms. The summed E-state index contributed by atoms with van der Waals surface area (Å²) in [6, 6.07) is 22.5. The van der Waals surface area contributed by atoms with Gasteiger partial charge in [0, 0.05) is 23.5 Å². The second kappa shape index (κ2) is 10.2. The Morgan fingerprint density at radius 2 is 1.52 bits per heavy atom. The predicted molar refractivity (Wildman–Crippen MR) is 132 cm³/mol. The Labute approximate surface area is 195 Å². The van der Waals surface area contributed by atoms with Crippen molar-refractivity contribution in [1.29, 1.82) is 0 Å². The van der Waals surface area contributed by atoms with Crippen molar-refractivity contribution in [3.63, 3.8) is 0 Å². The zero-order valence-corrected chi connectivity index (χ0v) is 19.5. The highest BCUT2D eigenvalue weighted by molar-refractivity contribution is 7.92. The number of hydrogen-bond acceptors (Lipinski definition) is 4. The number of carbonyl (C=O) groups excluding carboxylic acids is 1. The molecule has 0 spiro atoms. The predicted octanol–water partition coefficient (Wildman–Crippen LogP) is 4.97. The number of likely N-dealkylation sites (tertiary alicyclic amines) is 1. The first-order valence-corrected chi connectivity index (χ1v) is 12.7. The van der Waals surface area contributed by atoms with Gasteiger partial charge in [0.05, 0.1) is 4.90 Å². The Kier molecular flexibility index (Phi) is 7.11. The summed E-state index contributed by atoms with van der Waals surface area (Å²) in [6.07, 6.45) is 2.48. The highest BCUT2D eigenvalue weighted by Crippen LogP contribution is 2.20. The fraction of sp³-hybridized carbons (Fsp3) is 0.269. The summed E-state index contributed by atoms with van der Waals surface area (Å²) in [5.74, 6) is 0.577. The van der Waals surface area contributed by atoms with E-state index >= 15 is 0 Å². The minimum absolute atomic E-state index is 0.126. The monoisotopic (exact) mass is 463 g/mol. The summed E-state index contributed by atoms with van der Waals surface area (Å²) >= 11 is 0. The van der Waals surface area contributed by atoms with Crippen LogP contribution in [0.15, 0.2) is 83.8 Å². The molecule has 0 aromatic heterocycles. The molecule has 4 rings (SSSR count). The van der Waals surface area contributed by atoms with Crippen molar-refractivity contribution in [3.05, 3.63) is 90.0 Å². The van der Waals surface area contributed by atoms with E-state index in [0.29, 0.717) is 16.9 Å². The van der Waals surface area contributed by atoms with Crippen LogP contribution in [0.3, 0.4) is 0 Å². The van der Waals surface area contributed by atoms with Crippen LogP contribution in [0.2, 0.25) is 0 Å². The number of para-hydroxylation sites is 1. The number of sulfonamides is 1. The summed E-state index contributed by atoms with van der Waals surface area (Å²) in [5, 5.41) is 2.83. The van der Waals surface area contributed by atoms with Crippen LogP contribution in [0.4, 0.5) is 11.4 Å². The molecule has 0 bridgehead atoms. The molecule has 3 aromatic rings. The van der Waals surface area contributed by atoms with E-state index in [4.69, 9.17) is 0 Å². The molecule has 0 saturated carbocycles. The molecule has 0 radical (unpaired) electrons. The number of piperidine rings is 1. The fourth-order valence-corrected chi connectivity index (χ4v) is 4.94. The number of nitrogens with zero attached hydrogens (tertiary/aromatic N) is 1. The highest BCUT2D eigenvalue weighted by atomic mass is 32.2. The van der Waals surface area contributed by atoms with Crippen molar-refractivity contribution in [2.24, 2.45) is 5.92 Å². The molecule has 1 saturated heterocycles. The van der Waals surface area contributed by atoms with Crippen LogP contribution >= 0.6 is 0 Å². The second-order valence-electron chi connectivity index (χ2n) is 8.61. The van der Waals surface area contributed by atoms with Crippen LogP contribution < -0.4 is 10.0 Å². The van der Waals surface area contributed by atoms with Gasteiger partial charge in [-0.2, -0.15) is 0 Å². The molecule has 0 unspecified atom stereocenters. The topological polar surface area (TPSA) is 78.5 Å². The van der Waals surface area contributed by atoms with Gasteiger partial charge in [-0.1, -0.05) is 37.3 Å². The summed E-state index contributed by atoms with van der Waals surface area (Å²) in [6.45, 7) is 5.45. The first-order chi connectivity index (χ1) is 15.9. The van der Waals surface area contributed by atoms with Crippen LogP contribution in [0, 0.1) is 5.92 Å². The fourth-order valence-electron chi connectivity index (χ4n) is 3.88. The zero-order valence-electron chi connectivity index (χ0n) is 18.7. The third kappa shape index (κ3) is 6.21. The maximum absolute atomic E-state index is 12.6. The van der Waals surface area contributed by atoms with Gasteiger partial charge in [0.25, 0.3) is 15.9 Å². The van der Waals surface area contributed by atoms with Gasteiger partial charge in [-0.15, -0.1) is 0 Å². The van der Waals surface area contributed by atoms with Crippen LogP contribution in [0.25, 0.3) is 0 Å². The molecule has 33 heavy (non-hydrogen) atoms. The van der Waals surface area contributed by atoms with E-state index in [1.165, 1.54) is 30.5 Å². The van der Waals surface area contributed by atoms with Gasteiger partial charge in [-0.05, 0) is 85.9 Å². The van der Waals surface area contributed by atoms with E-state index in [1.54, 1.807) is 36.4 Å². The lowest BCUT2D eigenvalue weighted by Gasteiger charge is -2.30. The number of benzene rings is 3. The number of carbonyl (C=O) groups is 1. The average Bonchev–Trinajstić information content (AvgIpc) is 2.82. The van der Waals surface area contributed by atoms with Crippen molar-refractivity contribution in [3.8, 4) is 0 Å². The second-order valence-corrected chi connectivity index (χ2v) is 10.3. The normalized spacial score (nSPS) is 15.2. The molecule has 2 N–H and O–H groups in total. The lowest BCUT2D eigenvalue weighted by Crippen LogP contribution is -2.32. The largest absolute Gasteiger partial charge is 0.322 e. The Bertz CT molecular complexity index is 1170. The molecule has 3 aromatic carbocycles. The number of hydrogen-bond donors (Lipinski definition) is 2. The van der Waals surface area contributed by atoms with E-state index in [1.807, 2.05) is 30.3 Å². The Balaban J connectivity index is 1.34. The van der Waals surface area contributed by atoms with Crippen molar-refractivity contribution in [2.45, 2.75) is 31.2 Å². The lowest BCUT2D eigenvalue weighted by molar-refractivity contribution is 0.102. The van der Waals surface area contributed by atoms with Gasteiger partial charge < -0.3 is 5.32 Å². The third-order valence-electron chi connectivity index (χ3n) is 5.95. The molecule has 1 amide bonds. The lowest BCUT2D eigenvalue weighted by atomic mass is 9.99. The average molecular weight is 464 g/mol. The number of rotatable bonds is 7. The van der Waals surface area contributed by atoms with Gasteiger partial charge in [0.15, 0.2) is 0 Å². The standard InChI is InChI=1S/C26H29N3O3S/c1-20-15-17-29(18-16-20)19-21-7-9-22(10-8-21)26(30)27-23-11-13-25(14-12-23)33(31,32)28-24-5-3-2-4-6-24/h2-14,20,28H,15-19H2,1H3,(H,27,30). The first kappa shape index (κ1) is 23.0. The van der Waals surface area contributed by atoms with Crippen molar-refractivity contribution in [1.82, 2.24) is 4.90 Å². The summed E-state index contributed by atoms with van der Waals surface area (Å²) in [5.41, 5.74) is 2.79. The quantitative estimate of drug-likeness (QED) is 0.518. The zero-order chi connectivity index (χ0) is 23.3. The van der Waals surface area contributed by atoms with Crippen LogP contribution in [-0.2, 0) is 16.6 Å². The molecule has 0 atom stereocenters. The van der Waals surface area contributed by atoms with Crippen molar-refractivity contribution < 1.29 is 13.2 Å². The molecular formula is C26H29N3O3S. The van der Waals surface area contributed by atoms with E-state index < -0.39 is 10.0 Å². The number of anilines is 2. The Hall–Kier alpha value is -3.16. The molecule has 6 nitrogen and oxygen atoms in total. The van der Waals surface area contributed by atoms with Gasteiger partial charge in [-0.25, -0.2) is 8.42 Å². The van der Waals surface area contributed by atoms with Crippen LogP contribution in [0.1, 0.15) is 35.7 Å². The van der Waals surface area contributed by atoms with E-state index in [9.17, 15) is 13.2 Å². The van der Waals surface area contributed by atoms with Gasteiger partial charge in [0.2, 0.25) is 0 Å². The van der Waals surface area contributed by atoms with Gasteiger partial charge >= 0.3 is 0 Å². The summed E-state index contributed by atoms with van der Waals surface area (Å²) < 4.78 is 27.6. The molecule has 172 valence electrons. The van der Waals surface area contributed by atoms with Crippen LogP contribution in [0.5, 0.6) is 0 Å². The van der Waals surface area contributed by atoms with E-state index in [-0.39, 0.29) is 10.8 Å². The molecule has 0 aliphatic carbocycles. The molecule has 1 aliphatic rings. The summed E-state index contributed by atoms with van der Waals surface area (Å²) in [4.78, 5) is 15.2. The SMILES string of the molecule is CC1CCN(Cc2ccc(C(=O)Nc3ccc(S(=O)(=O)Nc4ccccc4)cc3)cc2)CC1. The first-order valence-electron chi connectivity index (χ1n) is 11.2. The van der Waals surface area contributed by atoms with Crippen molar-refractivity contribution >= 4 is 27.3 Å². The smallest absolute Gasteiger partial charge is 0.261 e. The molecule has 1 aliphatic heterocycles. The Morgan fingerprint density at radius 1 is 0.879 bits per heavy atom. The number of nitrogens with one attached hydrogen (secondary N) is 2. The molecule has 1 heterocycles. The minimum atomic E-state index is -3.70. The maximum Gasteiger partial charge on any atom is 0.261 e. The van der Waals surface area contributed by atoms with Gasteiger partial charge in [0.1, 0.15) is 0 Å². The van der Waals surface area contributed by atoms with E-state index in [2.05, 4.69) is 21.9 Å². The highest BCUT2D eigenvalue weighted by Gasteiger charge is 2.16. The minimum Gasteiger partial charge on any atom is -0.322 e. The van der Waals surface area contributed by atoms with Crippen LogP contribution in [-0.4, -0.2) is 32.3 Å². The van der Waals surface area contributed by atoms with Crippen molar-refractivity contribution in [2.75, 3.05) is 23.1 Å². The maximum atomic E-state index is 12.6. The third-order valence-corrected chi connectivity index (χ3v) is 7.34. The van der Waals surface area contributed by atoms with Gasteiger partial charge in [-0.3, -0.25) is 14.4 Å². The van der Waals surface area contributed by atoms with E-state index in [0.717, 1.165) is 25.6 Å². The molecular weight excluding hydrogens is 434 g/mol. The molecule has 1 fully saturated rings. The Morgan fingerprint density at radius 3 is 2.15 bits per heavy atom.